The van der Waals surface area contributed by atoms with Crippen LogP contribution in [-0.4, -0.2) is 38.8 Å². The lowest BCUT2D eigenvalue weighted by molar-refractivity contribution is -0.126. The summed E-state index contributed by atoms with van der Waals surface area (Å²) in [6.07, 6.45) is 1.31. The molecule has 0 saturated carbocycles. The van der Waals surface area contributed by atoms with Gasteiger partial charge in [0.25, 0.3) is 0 Å². The topological polar surface area (TPSA) is 75.7 Å². The van der Waals surface area contributed by atoms with Gasteiger partial charge in [0.1, 0.15) is 10.6 Å². The van der Waals surface area contributed by atoms with E-state index in [4.69, 9.17) is 4.74 Å². The van der Waals surface area contributed by atoms with Gasteiger partial charge in [0.2, 0.25) is 15.9 Å². The normalized spacial score (nSPS) is 18.2. The van der Waals surface area contributed by atoms with Gasteiger partial charge >= 0.3 is 0 Å². The minimum absolute atomic E-state index is 0.105. The second-order valence-electron chi connectivity index (χ2n) is 8.88. The molecule has 0 aromatic heterocycles. The standard InChI is InChI=1S/C25H34N2O4S/c1-16-9-10-23(31-6)24(12-16)32(29,30)27-11-7-8-21(15-27)25(28)26-20(5)22-14-18(3)17(2)13-19(22)4/h9-10,12-14,20-21H,7-8,11,15H2,1-6H3,(H,26,28)/t20-,21+/m1/s1. The number of hydrogen-bond acceptors (Lipinski definition) is 4. The summed E-state index contributed by atoms with van der Waals surface area (Å²) >= 11 is 0. The number of amides is 1. The summed E-state index contributed by atoms with van der Waals surface area (Å²) in [6, 6.07) is 9.23. The highest BCUT2D eigenvalue weighted by Gasteiger charge is 2.35. The van der Waals surface area contributed by atoms with Gasteiger partial charge in [-0.25, -0.2) is 8.42 Å². The average molecular weight is 459 g/mol. The Morgan fingerprint density at radius 3 is 2.47 bits per heavy atom. The highest BCUT2D eigenvalue weighted by molar-refractivity contribution is 7.89. The van der Waals surface area contributed by atoms with Crippen molar-refractivity contribution in [2.45, 2.75) is 58.4 Å². The Morgan fingerprint density at radius 2 is 1.78 bits per heavy atom. The Bertz CT molecular complexity index is 1110. The fourth-order valence-electron chi connectivity index (χ4n) is 4.36. The predicted octanol–water partition coefficient (Wildman–Crippen LogP) is 4.21. The highest BCUT2D eigenvalue weighted by atomic mass is 32.2. The van der Waals surface area contributed by atoms with Crippen molar-refractivity contribution in [2.75, 3.05) is 20.2 Å². The first-order valence-electron chi connectivity index (χ1n) is 11.1. The van der Waals surface area contributed by atoms with Crippen molar-refractivity contribution in [1.29, 1.82) is 0 Å². The molecule has 0 bridgehead atoms. The van der Waals surface area contributed by atoms with Crippen molar-refractivity contribution >= 4 is 15.9 Å². The molecule has 32 heavy (non-hydrogen) atoms. The number of aryl methyl sites for hydroxylation is 4. The molecule has 2 atom stereocenters. The number of methoxy groups -OCH3 is 1. The molecule has 3 rings (SSSR count). The van der Waals surface area contributed by atoms with Gasteiger partial charge in [-0.2, -0.15) is 4.31 Å². The second-order valence-corrected chi connectivity index (χ2v) is 10.8. The quantitative estimate of drug-likeness (QED) is 0.704. The molecule has 1 heterocycles. The van der Waals surface area contributed by atoms with E-state index in [-0.39, 0.29) is 29.3 Å². The van der Waals surface area contributed by atoms with E-state index in [0.717, 1.165) is 16.7 Å². The molecular formula is C25H34N2O4S. The SMILES string of the molecule is COc1ccc(C)cc1S(=O)(=O)N1CCC[C@H](C(=O)N[C@H](C)c2cc(C)c(C)cc2C)C1. The van der Waals surface area contributed by atoms with Gasteiger partial charge in [-0.3, -0.25) is 4.79 Å². The first-order chi connectivity index (χ1) is 15.0. The number of sulfonamides is 1. The summed E-state index contributed by atoms with van der Waals surface area (Å²) in [7, 11) is -2.30. The molecule has 2 aromatic rings. The zero-order valence-corrected chi connectivity index (χ0v) is 20.7. The zero-order valence-electron chi connectivity index (χ0n) is 19.9. The van der Waals surface area contributed by atoms with Gasteiger partial charge < -0.3 is 10.1 Å². The van der Waals surface area contributed by atoms with Crippen LogP contribution in [0.3, 0.4) is 0 Å². The Hall–Kier alpha value is -2.38. The van der Waals surface area contributed by atoms with Crippen molar-refractivity contribution in [3.63, 3.8) is 0 Å². The first kappa shape index (κ1) is 24.3. The summed E-state index contributed by atoms with van der Waals surface area (Å²) in [6.45, 7) is 10.6. The van der Waals surface area contributed by atoms with E-state index in [1.54, 1.807) is 12.1 Å². The lowest BCUT2D eigenvalue weighted by atomic mass is 9.95. The molecule has 1 N–H and O–H groups in total. The van der Waals surface area contributed by atoms with E-state index in [9.17, 15) is 13.2 Å². The van der Waals surface area contributed by atoms with Crippen LogP contribution in [0.2, 0.25) is 0 Å². The third kappa shape index (κ3) is 4.99. The van der Waals surface area contributed by atoms with Crippen molar-refractivity contribution < 1.29 is 17.9 Å². The van der Waals surface area contributed by atoms with Crippen LogP contribution in [0, 0.1) is 33.6 Å². The maximum atomic E-state index is 13.4. The second kappa shape index (κ2) is 9.63. The van der Waals surface area contributed by atoms with Gasteiger partial charge in [0.05, 0.1) is 19.1 Å². The molecule has 0 unspecified atom stereocenters. The minimum Gasteiger partial charge on any atom is -0.495 e. The summed E-state index contributed by atoms with van der Waals surface area (Å²) in [5.74, 6) is -0.170. The summed E-state index contributed by atoms with van der Waals surface area (Å²) in [5.41, 5.74) is 5.48. The Balaban J connectivity index is 1.76. The van der Waals surface area contributed by atoms with E-state index in [1.807, 2.05) is 19.9 Å². The molecule has 1 saturated heterocycles. The van der Waals surface area contributed by atoms with Crippen LogP contribution in [-0.2, 0) is 14.8 Å². The number of carbonyl (C=O) groups excluding carboxylic acids is 1. The monoisotopic (exact) mass is 458 g/mol. The number of hydrogen-bond donors (Lipinski definition) is 1. The van der Waals surface area contributed by atoms with E-state index in [0.29, 0.717) is 25.1 Å². The smallest absolute Gasteiger partial charge is 0.246 e. The van der Waals surface area contributed by atoms with Crippen LogP contribution in [0.5, 0.6) is 5.75 Å². The maximum Gasteiger partial charge on any atom is 0.246 e. The molecule has 1 aliphatic heterocycles. The van der Waals surface area contributed by atoms with Gasteiger partial charge in [0, 0.05) is 13.1 Å². The molecule has 1 amide bonds. The number of carbonyl (C=O) groups is 1. The van der Waals surface area contributed by atoms with Gasteiger partial charge in [-0.1, -0.05) is 18.2 Å². The average Bonchev–Trinajstić information content (AvgIpc) is 2.76. The van der Waals surface area contributed by atoms with Crippen molar-refractivity contribution in [3.05, 3.63) is 58.1 Å². The molecule has 1 fully saturated rings. The molecule has 0 aliphatic carbocycles. The Labute approximate surface area is 192 Å². The third-order valence-corrected chi connectivity index (χ3v) is 8.29. The molecule has 0 radical (unpaired) electrons. The highest BCUT2D eigenvalue weighted by Crippen LogP contribution is 2.31. The molecule has 7 heteroatoms. The maximum absolute atomic E-state index is 13.4. The number of nitrogens with one attached hydrogen (secondary N) is 1. The molecule has 1 aliphatic rings. The number of rotatable bonds is 6. The Morgan fingerprint density at radius 1 is 1.09 bits per heavy atom. The van der Waals surface area contributed by atoms with Crippen LogP contribution < -0.4 is 10.1 Å². The summed E-state index contributed by atoms with van der Waals surface area (Å²) in [4.78, 5) is 13.2. The number of benzene rings is 2. The van der Waals surface area contributed by atoms with Crippen LogP contribution in [0.15, 0.2) is 35.2 Å². The number of piperidine rings is 1. The van der Waals surface area contributed by atoms with E-state index in [2.05, 4.69) is 38.2 Å². The van der Waals surface area contributed by atoms with Gasteiger partial charge in [-0.15, -0.1) is 0 Å². The predicted molar refractivity (Wildman–Crippen MR) is 126 cm³/mol. The van der Waals surface area contributed by atoms with E-state index < -0.39 is 10.0 Å². The van der Waals surface area contributed by atoms with Crippen LogP contribution in [0.4, 0.5) is 0 Å². The molecule has 6 nitrogen and oxygen atoms in total. The van der Waals surface area contributed by atoms with Crippen LogP contribution in [0.25, 0.3) is 0 Å². The molecular weight excluding hydrogens is 424 g/mol. The largest absolute Gasteiger partial charge is 0.495 e. The zero-order chi connectivity index (χ0) is 23.6. The molecule has 0 spiro atoms. The van der Waals surface area contributed by atoms with Gasteiger partial charge in [-0.05, 0) is 87.4 Å². The minimum atomic E-state index is -3.76. The molecule has 2 aromatic carbocycles. The van der Waals surface area contributed by atoms with Crippen molar-refractivity contribution in [2.24, 2.45) is 5.92 Å². The first-order valence-corrected chi connectivity index (χ1v) is 12.5. The number of ether oxygens (including phenoxy) is 1. The fourth-order valence-corrected chi connectivity index (χ4v) is 6.12. The van der Waals surface area contributed by atoms with Crippen molar-refractivity contribution in [1.82, 2.24) is 9.62 Å². The van der Waals surface area contributed by atoms with E-state index >= 15 is 0 Å². The van der Waals surface area contributed by atoms with Gasteiger partial charge in [0.15, 0.2) is 0 Å². The summed E-state index contributed by atoms with van der Waals surface area (Å²) < 4.78 is 33.4. The number of nitrogens with zero attached hydrogens (tertiary/aromatic N) is 1. The lowest BCUT2D eigenvalue weighted by Gasteiger charge is -2.32. The summed E-state index contributed by atoms with van der Waals surface area (Å²) in [5, 5.41) is 3.11. The van der Waals surface area contributed by atoms with Crippen LogP contribution >= 0.6 is 0 Å². The van der Waals surface area contributed by atoms with Crippen molar-refractivity contribution in [3.8, 4) is 5.75 Å². The van der Waals surface area contributed by atoms with Crippen LogP contribution in [0.1, 0.15) is 53.6 Å². The Kier molecular flexibility index (Phi) is 7.30. The molecule has 174 valence electrons. The third-order valence-electron chi connectivity index (χ3n) is 6.40. The fraction of sp³-hybridized carbons (Fsp3) is 0.480. The lowest BCUT2D eigenvalue weighted by Crippen LogP contribution is -2.45. The van der Waals surface area contributed by atoms with E-state index in [1.165, 1.54) is 22.5 Å².